The molecule has 1 aromatic rings. The Morgan fingerprint density at radius 1 is 1.33 bits per heavy atom. The molecule has 0 aliphatic heterocycles. The highest BCUT2D eigenvalue weighted by Crippen LogP contribution is 2.35. The summed E-state index contributed by atoms with van der Waals surface area (Å²) in [5.74, 6) is 0.901. The first-order chi connectivity index (χ1) is 7.08. The number of nitrogens with one attached hydrogen (secondary N) is 1. The topological polar surface area (TPSA) is 47.6 Å². The third-order valence-electron chi connectivity index (χ3n) is 1.72. The molecule has 1 N–H and O–H groups in total. The Hall–Kier alpha value is -1.07. The molecule has 0 unspecified atom stereocenters. The summed E-state index contributed by atoms with van der Waals surface area (Å²) in [6.45, 7) is 0. The highest BCUT2D eigenvalue weighted by atomic mass is 35.5. The summed E-state index contributed by atoms with van der Waals surface area (Å²) in [5.41, 5.74) is 0.457. The number of ether oxygens (including phenoxy) is 2. The number of hydrogen-bond acceptors (Lipinski definition) is 3. The number of methoxy groups -OCH3 is 2. The van der Waals surface area contributed by atoms with Gasteiger partial charge in [-0.1, -0.05) is 24.2 Å². The minimum absolute atomic E-state index is 0.409. The van der Waals surface area contributed by atoms with Gasteiger partial charge in [-0.15, -0.1) is 0 Å². The van der Waals surface area contributed by atoms with Crippen molar-refractivity contribution in [3.8, 4) is 11.5 Å². The van der Waals surface area contributed by atoms with Crippen molar-refractivity contribution < 1.29 is 14.3 Å². The Kier molecular flexibility index (Phi) is 4.11. The first-order valence-corrected chi connectivity index (χ1v) is 4.82. The van der Waals surface area contributed by atoms with Gasteiger partial charge in [-0.3, -0.25) is 4.79 Å². The van der Waals surface area contributed by atoms with Crippen LogP contribution in [0.3, 0.4) is 0 Å². The average molecular weight is 248 g/mol. The van der Waals surface area contributed by atoms with Crippen LogP contribution in [-0.4, -0.2) is 19.5 Å². The van der Waals surface area contributed by atoms with Crippen LogP contribution in [0, 0.1) is 0 Å². The quantitative estimate of drug-likeness (QED) is 0.808. The number of halogens is 1. The molecule has 0 bridgehead atoms. The standard InChI is InChI=1S/C9H10ClNO3S/c1-13-7-4-6(11-9(12)15)8(14-2)3-5(7)10/h3-4H,1-2H3,(H2,11,12,15). The molecule has 0 spiro atoms. The number of thiol groups is 1. The molecule has 0 aromatic heterocycles. The van der Waals surface area contributed by atoms with E-state index in [2.05, 4.69) is 17.9 Å². The van der Waals surface area contributed by atoms with Crippen LogP contribution in [0.1, 0.15) is 0 Å². The molecule has 1 amide bonds. The van der Waals surface area contributed by atoms with E-state index in [1.165, 1.54) is 14.2 Å². The molecule has 0 aliphatic carbocycles. The maximum Gasteiger partial charge on any atom is 0.280 e. The molecule has 0 saturated heterocycles. The fraction of sp³-hybridized carbons (Fsp3) is 0.222. The maximum absolute atomic E-state index is 10.8. The molecule has 0 saturated carbocycles. The van der Waals surface area contributed by atoms with Crippen molar-refractivity contribution in [2.24, 2.45) is 0 Å². The molecule has 1 aromatic carbocycles. The predicted molar refractivity (Wildman–Crippen MR) is 62.6 cm³/mol. The van der Waals surface area contributed by atoms with Gasteiger partial charge >= 0.3 is 0 Å². The zero-order valence-electron chi connectivity index (χ0n) is 8.20. The van der Waals surface area contributed by atoms with Gasteiger partial charge in [-0.05, 0) is 0 Å². The van der Waals surface area contributed by atoms with Crippen LogP contribution in [-0.2, 0) is 0 Å². The maximum atomic E-state index is 10.8. The van der Waals surface area contributed by atoms with E-state index in [0.717, 1.165) is 0 Å². The van der Waals surface area contributed by atoms with Gasteiger partial charge in [0.15, 0.2) is 0 Å². The average Bonchev–Trinajstić information content (AvgIpc) is 2.19. The van der Waals surface area contributed by atoms with Crippen molar-refractivity contribution in [3.63, 3.8) is 0 Å². The van der Waals surface area contributed by atoms with Gasteiger partial charge in [0.2, 0.25) is 0 Å². The fourth-order valence-corrected chi connectivity index (χ4v) is 1.42. The Bertz CT molecular complexity index is 384. The molecule has 0 heterocycles. The van der Waals surface area contributed by atoms with E-state index in [4.69, 9.17) is 21.1 Å². The smallest absolute Gasteiger partial charge is 0.280 e. The molecule has 0 aliphatic rings. The Morgan fingerprint density at radius 2 is 1.93 bits per heavy atom. The number of benzene rings is 1. The summed E-state index contributed by atoms with van der Waals surface area (Å²) in [5, 5.41) is 2.41. The predicted octanol–water partition coefficient (Wildman–Crippen LogP) is 2.82. The second-order valence-electron chi connectivity index (χ2n) is 2.62. The van der Waals surface area contributed by atoms with Gasteiger partial charge in [0.05, 0.1) is 24.9 Å². The van der Waals surface area contributed by atoms with E-state index >= 15 is 0 Å². The molecule has 4 nitrogen and oxygen atoms in total. The summed E-state index contributed by atoms with van der Waals surface area (Å²) in [4.78, 5) is 10.8. The first-order valence-electron chi connectivity index (χ1n) is 4.00. The minimum atomic E-state index is -0.488. The van der Waals surface area contributed by atoms with Crippen molar-refractivity contribution in [1.82, 2.24) is 0 Å². The van der Waals surface area contributed by atoms with Crippen molar-refractivity contribution in [2.75, 3.05) is 19.5 Å². The second-order valence-corrected chi connectivity index (χ2v) is 3.43. The summed E-state index contributed by atoms with van der Waals surface area (Å²) in [7, 11) is 2.96. The number of carbonyl (C=O) groups excluding carboxylic acids is 1. The number of rotatable bonds is 3. The number of amides is 1. The Labute approximate surface area is 97.9 Å². The SMILES string of the molecule is COc1cc(NC(=O)S)c(OC)cc1Cl. The van der Waals surface area contributed by atoms with Crippen LogP contribution in [0.5, 0.6) is 11.5 Å². The molecule has 0 atom stereocenters. The third kappa shape index (κ3) is 2.94. The van der Waals surface area contributed by atoms with E-state index in [9.17, 15) is 4.79 Å². The van der Waals surface area contributed by atoms with Gasteiger partial charge in [-0.2, -0.15) is 0 Å². The highest BCUT2D eigenvalue weighted by Gasteiger charge is 2.10. The molecule has 6 heteroatoms. The second kappa shape index (κ2) is 5.14. The molecule has 82 valence electrons. The van der Waals surface area contributed by atoms with Crippen molar-refractivity contribution in [3.05, 3.63) is 17.2 Å². The number of carbonyl (C=O) groups is 1. The molecule has 1 rings (SSSR count). The highest BCUT2D eigenvalue weighted by molar-refractivity contribution is 7.96. The number of hydrogen-bond donors (Lipinski definition) is 2. The van der Waals surface area contributed by atoms with E-state index < -0.39 is 5.24 Å². The monoisotopic (exact) mass is 247 g/mol. The fourth-order valence-electron chi connectivity index (χ4n) is 1.07. The van der Waals surface area contributed by atoms with E-state index in [1.54, 1.807) is 12.1 Å². The molecule has 15 heavy (non-hydrogen) atoms. The van der Waals surface area contributed by atoms with E-state index in [0.29, 0.717) is 22.2 Å². The van der Waals surface area contributed by atoms with Crippen molar-refractivity contribution in [1.29, 1.82) is 0 Å². The van der Waals surface area contributed by atoms with Crippen LogP contribution in [0.25, 0.3) is 0 Å². The lowest BCUT2D eigenvalue weighted by atomic mass is 10.2. The molecule has 0 fully saturated rings. The molecular formula is C9H10ClNO3S. The summed E-state index contributed by atoms with van der Waals surface area (Å²) in [6.07, 6.45) is 0. The van der Waals surface area contributed by atoms with E-state index in [-0.39, 0.29) is 0 Å². The van der Waals surface area contributed by atoms with E-state index in [1.807, 2.05) is 0 Å². The van der Waals surface area contributed by atoms with Gasteiger partial charge in [0.1, 0.15) is 11.5 Å². The lowest BCUT2D eigenvalue weighted by molar-refractivity contribution is 0.270. The largest absolute Gasteiger partial charge is 0.495 e. The zero-order valence-corrected chi connectivity index (χ0v) is 9.85. The van der Waals surface area contributed by atoms with Gasteiger partial charge in [-0.25, -0.2) is 0 Å². The molecular weight excluding hydrogens is 238 g/mol. The van der Waals surface area contributed by atoms with Crippen LogP contribution in [0.2, 0.25) is 5.02 Å². The third-order valence-corrected chi connectivity index (χ3v) is 2.12. The van der Waals surface area contributed by atoms with Crippen LogP contribution < -0.4 is 14.8 Å². The summed E-state index contributed by atoms with van der Waals surface area (Å²) in [6, 6.07) is 3.12. The Balaban J connectivity index is 3.16. The normalized spacial score (nSPS) is 9.60. The van der Waals surface area contributed by atoms with Gasteiger partial charge in [0.25, 0.3) is 5.24 Å². The first kappa shape index (κ1) is 12.0. The van der Waals surface area contributed by atoms with Gasteiger partial charge < -0.3 is 14.8 Å². The van der Waals surface area contributed by atoms with Gasteiger partial charge in [0, 0.05) is 12.1 Å². The van der Waals surface area contributed by atoms with Crippen LogP contribution in [0.4, 0.5) is 10.5 Å². The lowest BCUT2D eigenvalue weighted by Crippen LogP contribution is -2.03. The summed E-state index contributed by atoms with van der Waals surface area (Å²) >= 11 is 9.49. The zero-order chi connectivity index (χ0) is 11.4. The van der Waals surface area contributed by atoms with Crippen molar-refractivity contribution in [2.45, 2.75) is 0 Å². The van der Waals surface area contributed by atoms with Crippen LogP contribution in [0.15, 0.2) is 12.1 Å². The molecule has 0 radical (unpaired) electrons. The summed E-state index contributed by atoms with van der Waals surface area (Å²) < 4.78 is 10.0. The van der Waals surface area contributed by atoms with Crippen molar-refractivity contribution >= 4 is 35.2 Å². The van der Waals surface area contributed by atoms with Crippen LogP contribution >= 0.6 is 24.2 Å². The minimum Gasteiger partial charge on any atom is -0.495 e. The Morgan fingerprint density at radius 3 is 2.40 bits per heavy atom. The number of anilines is 1. The lowest BCUT2D eigenvalue weighted by Gasteiger charge is -2.11.